The Labute approximate surface area is 155 Å². The van der Waals surface area contributed by atoms with E-state index in [0.717, 1.165) is 29.1 Å². The molecule has 3 rings (SSSR count). The second-order valence-corrected chi connectivity index (χ2v) is 6.32. The third-order valence-corrected chi connectivity index (χ3v) is 4.18. The summed E-state index contributed by atoms with van der Waals surface area (Å²) in [7, 11) is 3.91. The number of primary amides is 1. The number of ether oxygens (including phenoxy) is 1. The van der Waals surface area contributed by atoms with Crippen molar-refractivity contribution in [2.24, 2.45) is 10.9 Å². The molecule has 0 bridgehead atoms. The molecule has 1 aliphatic rings. The van der Waals surface area contributed by atoms with Gasteiger partial charge < -0.3 is 20.2 Å². The summed E-state index contributed by atoms with van der Waals surface area (Å²) in [6, 6.07) is 9.87. The van der Waals surface area contributed by atoms with Gasteiger partial charge in [0.2, 0.25) is 0 Å². The molecule has 0 aromatic heterocycles. The molecule has 27 heavy (non-hydrogen) atoms. The molecule has 1 atom stereocenters. The third kappa shape index (κ3) is 3.99. The molecule has 1 aliphatic heterocycles. The van der Waals surface area contributed by atoms with Crippen molar-refractivity contribution in [3.8, 4) is 5.75 Å². The van der Waals surface area contributed by atoms with E-state index in [2.05, 4.69) is 5.16 Å². The largest absolute Gasteiger partial charge is 0.486 e. The molecule has 2 N–H and O–H groups in total. The second-order valence-electron chi connectivity index (χ2n) is 6.32. The van der Waals surface area contributed by atoms with Gasteiger partial charge in [0.15, 0.2) is 17.7 Å². The van der Waals surface area contributed by atoms with E-state index in [4.69, 9.17) is 15.3 Å². The highest BCUT2D eigenvalue weighted by atomic mass is 19.1. The van der Waals surface area contributed by atoms with Crippen LogP contribution >= 0.6 is 0 Å². The van der Waals surface area contributed by atoms with Gasteiger partial charge in [-0.05, 0) is 29.8 Å². The summed E-state index contributed by atoms with van der Waals surface area (Å²) in [6.07, 6.45) is 0.0577. The number of nitrogens with zero attached hydrogens (tertiary/aromatic N) is 2. The average Bonchev–Trinajstić information content (AvgIpc) is 3.10. The number of amides is 1. The smallest absolute Gasteiger partial charge is 0.254 e. The van der Waals surface area contributed by atoms with Gasteiger partial charge in [-0.25, -0.2) is 8.78 Å². The summed E-state index contributed by atoms with van der Waals surface area (Å²) in [5, 5.41) is 4.05. The summed E-state index contributed by atoms with van der Waals surface area (Å²) in [6.45, 7) is -0.0104. The first-order valence-corrected chi connectivity index (χ1v) is 8.28. The van der Waals surface area contributed by atoms with E-state index in [1.165, 1.54) is 0 Å². The monoisotopic (exact) mass is 375 g/mol. The minimum atomic E-state index is -1.20. The Kier molecular flexibility index (Phi) is 5.25. The summed E-state index contributed by atoms with van der Waals surface area (Å²) >= 11 is 0. The Morgan fingerprint density at radius 1 is 1.26 bits per heavy atom. The fraction of sp³-hybridized carbons (Fsp3) is 0.263. The zero-order chi connectivity index (χ0) is 19.6. The van der Waals surface area contributed by atoms with Crippen molar-refractivity contribution in [2.45, 2.75) is 12.5 Å². The van der Waals surface area contributed by atoms with Gasteiger partial charge in [-0.1, -0.05) is 17.3 Å². The number of anilines is 1. The van der Waals surface area contributed by atoms with E-state index < -0.39 is 29.2 Å². The third-order valence-electron chi connectivity index (χ3n) is 4.18. The average molecular weight is 375 g/mol. The van der Waals surface area contributed by atoms with E-state index in [1.54, 1.807) is 0 Å². The van der Waals surface area contributed by atoms with Crippen LogP contribution in [0.5, 0.6) is 5.75 Å². The van der Waals surface area contributed by atoms with Crippen LogP contribution in [-0.4, -0.2) is 38.4 Å². The topological polar surface area (TPSA) is 77.2 Å². The van der Waals surface area contributed by atoms with E-state index in [1.807, 2.05) is 43.3 Å². The van der Waals surface area contributed by atoms with Crippen LogP contribution < -0.4 is 15.4 Å². The Bertz CT molecular complexity index is 883. The van der Waals surface area contributed by atoms with Crippen LogP contribution in [0, 0.1) is 11.6 Å². The van der Waals surface area contributed by atoms with Gasteiger partial charge in [0, 0.05) is 26.2 Å². The maximum Gasteiger partial charge on any atom is 0.254 e. The number of carbonyl (C=O) groups is 1. The van der Waals surface area contributed by atoms with Gasteiger partial charge in [0.1, 0.15) is 18.0 Å². The van der Waals surface area contributed by atoms with Crippen LogP contribution in [0.25, 0.3) is 0 Å². The number of carbonyl (C=O) groups excluding carboxylic acids is 1. The number of hydrogen-bond donors (Lipinski definition) is 1. The van der Waals surface area contributed by atoms with Gasteiger partial charge in [-0.2, -0.15) is 0 Å². The van der Waals surface area contributed by atoms with Crippen molar-refractivity contribution >= 4 is 17.3 Å². The first-order valence-electron chi connectivity index (χ1n) is 8.28. The van der Waals surface area contributed by atoms with Crippen molar-refractivity contribution < 1.29 is 23.1 Å². The molecule has 6 nitrogen and oxygen atoms in total. The van der Waals surface area contributed by atoms with E-state index in [9.17, 15) is 13.6 Å². The van der Waals surface area contributed by atoms with Crippen LogP contribution in [-0.2, 0) is 4.84 Å². The molecule has 1 unspecified atom stereocenters. The van der Waals surface area contributed by atoms with Crippen molar-refractivity contribution in [1.82, 2.24) is 0 Å². The minimum absolute atomic E-state index is 0.0104. The lowest BCUT2D eigenvalue weighted by Crippen LogP contribution is -2.20. The zero-order valence-electron chi connectivity index (χ0n) is 14.9. The molecule has 8 heteroatoms. The Morgan fingerprint density at radius 3 is 2.59 bits per heavy atom. The molecule has 0 spiro atoms. The summed E-state index contributed by atoms with van der Waals surface area (Å²) in [5.41, 5.74) is 6.92. The van der Waals surface area contributed by atoms with Gasteiger partial charge >= 0.3 is 0 Å². The number of rotatable bonds is 6. The molecule has 142 valence electrons. The number of oxime groups is 1. The minimum Gasteiger partial charge on any atom is -0.486 e. The first kappa shape index (κ1) is 18.6. The van der Waals surface area contributed by atoms with Crippen LogP contribution in [0.2, 0.25) is 0 Å². The quantitative estimate of drug-likeness (QED) is 0.842. The van der Waals surface area contributed by atoms with Crippen LogP contribution in [0.3, 0.4) is 0 Å². The molecule has 1 heterocycles. The Balaban J connectivity index is 1.62. The summed E-state index contributed by atoms with van der Waals surface area (Å²) in [5.74, 6) is -3.62. The highest BCUT2D eigenvalue weighted by Crippen LogP contribution is 2.25. The summed E-state index contributed by atoms with van der Waals surface area (Å²) < 4.78 is 33.0. The van der Waals surface area contributed by atoms with Crippen LogP contribution in [0.4, 0.5) is 14.5 Å². The second kappa shape index (κ2) is 7.61. The lowest BCUT2D eigenvalue weighted by molar-refractivity contribution is 0.0458. The highest BCUT2D eigenvalue weighted by Gasteiger charge is 2.25. The maximum absolute atomic E-state index is 14.2. The number of halogens is 2. The Morgan fingerprint density at radius 2 is 1.96 bits per heavy atom. The Hall–Kier alpha value is -3.16. The van der Waals surface area contributed by atoms with E-state index >= 15 is 0 Å². The number of nitrogens with two attached hydrogens (primary N) is 1. The molecule has 0 radical (unpaired) electrons. The maximum atomic E-state index is 14.2. The SMILES string of the molecule is CN(C)c1ccc(C2=NOC(COc3ccc(F)c(C(N)=O)c3F)C2)cc1. The molecule has 1 amide bonds. The molecule has 0 saturated carbocycles. The lowest BCUT2D eigenvalue weighted by Gasteiger charge is -2.13. The van der Waals surface area contributed by atoms with Crippen molar-refractivity contribution in [3.63, 3.8) is 0 Å². The first-order chi connectivity index (χ1) is 12.9. The molecule has 2 aromatic carbocycles. The molecule has 0 aliphatic carbocycles. The number of hydrogen-bond acceptors (Lipinski definition) is 5. The molecule has 0 saturated heterocycles. The van der Waals surface area contributed by atoms with Gasteiger partial charge in [0.25, 0.3) is 5.91 Å². The predicted molar refractivity (Wildman–Crippen MR) is 97.2 cm³/mol. The molecule has 0 fully saturated rings. The molecule has 2 aromatic rings. The van der Waals surface area contributed by atoms with E-state index in [0.29, 0.717) is 6.42 Å². The fourth-order valence-corrected chi connectivity index (χ4v) is 2.69. The van der Waals surface area contributed by atoms with Gasteiger partial charge in [-0.15, -0.1) is 0 Å². The van der Waals surface area contributed by atoms with Crippen molar-refractivity contribution in [2.75, 3.05) is 25.6 Å². The summed E-state index contributed by atoms with van der Waals surface area (Å²) in [4.78, 5) is 18.5. The molecular formula is C19H19F2N3O3. The van der Waals surface area contributed by atoms with E-state index in [-0.39, 0.29) is 12.4 Å². The van der Waals surface area contributed by atoms with Crippen molar-refractivity contribution in [1.29, 1.82) is 0 Å². The molecular weight excluding hydrogens is 356 g/mol. The predicted octanol–water partition coefficient (Wildman–Crippen LogP) is 2.70. The van der Waals surface area contributed by atoms with Gasteiger partial charge in [-0.3, -0.25) is 4.79 Å². The normalized spacial score (nSPS) is 15.9. The number of benzene rings is 2. The fourth-order valence-electron chi connectivity index (χ4n) is 2.69. The van der Waals surface area contributed by atoms with Crippen LogP contribution in [0.15, 0.2) is 41.6 Å². The standard InChI is InChI=1S/C19H19F2N3O3/c1-24(2)12-5-3-11(4-6-12)15-9-13(27-23-15)10-26-16-8-7-14(20)17(18(16)21)19(22)25/h3-8,13H,9-10H2,1-2H3,(H2,22,25). The van der Waals surface area contributed by atoms with Crippen molar-refractivity contribution in [3.05, 3.63) is 59.2 Å². The lowest BCUT2D eigenvalue weighted by atomic mass is 10.0. The van der Waals surface area contributed by atoms with Crippen LogP contribution in [0.1, 0.15) is 22.3 Å². The highest BCUT2D eigenvalue weighted by molar-refractivity contribution is 6.01. The van der Waals surface area contributed by atoms with Gasteiger partial charge in [0.05, 0.1) is 5.71 Å². The zero-order valence-corrected chi connectivity index (χ0v) is 14.9.